The number of hydrogen-bond donors (Lipinski definition) is 3. The van der Waals surface area contributed by atoms with Crippen LogP contribution in [0.4, 0.5) is 0 Å². The molecule has 0 spiro atoms. The Morgan fingerprint density at radius 3 is 2.70 bits per heavy atom. The molecule has 3 heteroatoms. The van der Waals surface area contributed by atoms with Crippen molar-refractivity contribution in [1.29, 1.82) is 0 Å². The highest BCUT2D eigenvalue weighted by Crippen LogP contribution is 2.14. The Balaban J connectivity index is 2.25. The molecule has 60 valence electrons. The summed E-state index contributed by atoms with van der Waals surface area (Å²) in [5, 5.41) is 20.7. The molecule has 0 aromatic rings. The first-order valence-corrected chi connectivity index (χ1v) is 3.82. The zero-order chi connectivity index (χ0) is 7.40. The van der Waals surface area contributed by atoms with E-state index >= 15 is 0 Å². The lowest BCUT2D eigenvalue weighted by molar-refractivity contribution is 0.144. The van der Waals surface area contributed by atoms with Crippen molar-refractivity contribution in [2.45, 2.75) is 18.9 Å². The van der Waals surface area contributed by atoms with E-state index in [-0.39, 0.29) is 19.3 Å². The highest BCUT2D eigenvalue weighted by atomic mass is 16.3. The van der Waals surface area contributed by atoms with E-state index in [9.17, 15) is 0 Å². The third kappa shape index (κ3) is 1.94. The van der Waals surface area contributed by atoms with Crippen LogP contribution in [0.3, 0.4) is 0 Å². The van der Waals surface area contributed by atoms with Crippen molar-refractivity contribution in [3.05, 3.63) is 0 Å². The fourth-order valence-corrected chi connectivity index (χ4v) is 1.40. The molecule has 3 N–H and O–H groups in total. The van der Waals surface area contributed by atoms with Gasteiger partial charge in [0.1, 0.15) is 0 Å². The molecular weight excluding hydrogens is 130 g/mol. The molecule has 0 aromatic carbocycles. The first-order chi connectivity index (χ1) is 4.86. The Bertz CT molecular complexity index is 87.6. The third-order valence-corrected chi connectivity index (χ3v) is 2.08. The number of hydrogen-bond acceptors (Lipinski definition) is 3. The van der Waals surface area contributed by atoms with Gasteiger partial charge in [0.05, 0.1) is 6.61 Å². The highest BCUT2D eigenvalue weighted by Gasteiger charge is 2.19. The van der Waals surface area contributed by atoms with Crippen LogP contribution in [0, 0.1) is 5.92 Å². The molecule has 1 saturated heterocycles. The van der Waals surface area contributed by atoms with E-state index in [1.807, 2.05) is 0 Å². The second-order valence-electron chi connectivity index (χ2n) is 2.91. The predicted molar refractivity (Wildman–Crippen MR) is 38.7 cm³/mol. The van der Waals surface area contributed by atoms with Crippen LogP contribution in [0.25, 0.3) is 0 Å². The van der Waals surface area contributed by atoms with Crippen LogP contribution < -0.4 is 5.32 Å². The minimum Gasteiger partial charge on any atom is -0.396 e. The Hall–Kier alpha value is -0.120. The van der Waals surface area contributed by atoms with E-state index in [2.05, 4.69) is 5.32 Å². The molecule has 3 nitrogen and oxygen atoms in total. The molecule has 2 atom stereocenters. The topological polar surface area (TPSA) is 52.5 Å². The summed E-state index contributed by atoms with van der Waals surface area (Å²) in [6.07, 6.45) is 1.94. The van der Waals surface area contributed by atoms with Gasteiger partial charge in [-0.25, -0.2) is 0 Å². The minimum atomic E-state index is 0.191. The van der Waals surface area contributed by atoms with Gasteiger partial charge in [-0.2, -0.15) is 0 Å². The van der Waals surface area contributed by atoms with Crippen LogP contribution in [0.15, 0.2) is 0 Å². The summed E-state index contributed by atoms with van der Waals surface area (Å²) in [6.45, 7) is 1.38. The molecule has 0 aliphatic carbocycles. The smallest absolute Gasteiger partial charge is 0.0584 e. The van der Waals surface area contributed by atoms with E-state index in [0.29, 0.717) is 5.92 Å². The third-order valence-electron chi connectivity index (χ3n) is 2.08. The molecule has 0 radical (unpaired) electrons. The first-order valence-electron chi connectivity index (χ1n) is 3.82. The Kier molecular flexibility index (Phi) is 3.12. The summed E-state index contributed by atoms with van der Waals surface area (Å²) < 4.78 is 0. The van der Waals surface area contributed by atoms with E-state index in [1.54, 1.807) is 0 Å². The lowest BCUT2D eigenvalue weighted by atomic mass is 9.94. The van der Waals surface area contributed by atoms with Crippen molar-refractivity contribution < 1.29 is 10.2 Å². The van der Waals surface area contributed by atoms with Gasteiger partial charge in [-0.15, -0.1) is 0 Å². The standard InChI is InChI=1S/C7H15NO2/c9-4-6-1-2-8-7(3-6)5-10/h6-10H,1-5H2/t6-,7-/m0/s1. The Labute approximate surface area is 61.1 Å². The fraction of sp³-hybridized carbons (Fsp3) is 1.00. The second-order valence-corrected chi connectivity index (χ2v) is 2.91. The SMILES string of the molecule is OC[C@H]1CCN[C@H](CO)C1. The normalized spacial score (nSPS) is 34.2. The molecule has 1 aliphatic rings. The van der Waals surface area contributed by atoms with E-state index < -0.39 is 0 Å². The quantitative estimate of drug-likeness (QED) is 0.483. The van der Waals surface area contributed by atoms with Crippen molar-refractivity contribution in [3.63, 3.8) is 0 Å². The first kappa shape index (κ1) is 7.98. The molecular formula is C7H15NO2. The Morgan fingerprint density at radius 2 is 2.10 bits per heavy atom. The number of rotatable bonds is 2. The van der Waals surface area contributed by atoms with Gasteiger partial charge < -0.3 is 15.5 Å². The van der Waals surface area contributed by atoms with Crippen LogP contribution in [-0.4, -0.2) is 36.0 Å². The second kappa shape index (κ2) is 3.91. The summed E-state index contributed by atoms with van der Waals surface area (Å²) in [5.74, 6) is 0.401. The van der Waals surface area contributed by atoms with Crippen molar-refractivity contribution in [2.24, 2.45) is 5.92 Å². The van der Waals surface area contributed by atoms with Crippen LogP contribution in [0.1, 0.15) is 12.8 Å². The maximum Gasteiger partial charge on any atom is 0.0584 e. The summed E-state index contributed by atoms with van der Waals surface area (Å²) in [5.41, 5.74) is 0. The molecule has 0 bridgehead atoms. The van der Waals surface area contributed by atoms with Gasteiger partial charge >= 0.3 is 0 Å². The zero-order valence-electron chi connectivity index (χ0n) is 6.08. The number of piperidine rings is 1. The maximum absolute atomic E-state index is 8.79. The molecule has 0 amide bonds. The molecule has 1 fully saturated rings. The van der Waals surface area contributed by atoms with Crippen LogP contribution >= 0.6 is 0 Å². The lowest BCUT2D eigenvalue weighted by Crippen LogP contribution is -2.41. The molecule has 10 heavy (non-hydrogen) atoms. The predicted octanol–water partition coefficient (Wildman–Crippen LogP) is -0.661. The minimum absolute atomic E-state index is 0.191. The largest absolute Gasteiger partial charge is 0.396 e. The van der Waals surface area contributed by atoms with Gasteiger partial charge in [0.15, 0.2) is 0 Å². The fourth-order valence-electron chi connectivity index (χ4n) is 1.40. The van der Waals surface area contributed by atoms with Crippen LogP contribution in [0.5, 0.6) is 0 Å². The summed E-state index contributed by atoms with van der Waals surface area (Å²) in [7, 11) is 0. The molecule has 0 saturated carbocycles. The van der Waals surface area contributed by atoms with Gasteiger partial charge in [-0.3, -0.25) is 0 Å². The van der Waals surface area contributed by atoms with E-state index in [1.165, 1.54) is 0 Å². The van der Waals surface area contributed by atoms with Gasteiger partial charge in [0.25, 0.3) is 0 Å². The molecule has 0 unspecified atom stereocenters. The van der Waals surface area contributed by atoms with Crippen molar-refractivity contribution >= 4 is 0 Å². The van der Waals surface area contributed by atoms with Gasteiger partial charge in [0.2, 0.25) is 0 Å². The molecule has 1 aliphatic heterocycles. The number of nitrogens with one attached hydrogen (secondary N) is 1. The molecule has 1 rings (SSSR count). The average Bonchev–Trinajstić information content (AvgIpc) is 2.05. The summed E-state index contributed by atoms with van der Waals surface area (Å²) in [6, 6.07) is 0.214. The maximum atomic E-state index is 8.79. The molecule has 1 heterocycles. The molecule has 0 aromatic heterocycles. The Morgan fingerprint density at radius 1 is 1.30 bits per heavy atom. The van der Waals surface area contributed by atoms with Crippen molar-refractivity contribution in [1.82, 2.24) is 5.32 Å². The summed E-state index contributed by atoms with van der Waals surface area (Å²) >= 11 is 0. The lowest BCUT2D eigenvalue weighted by Gasteiger charge is -2.27. The van der Waals surface area contributed by atoms with Crippen LogP contribution in [-0.2, 0) is 0 Å². The van der Waals surface area contributed by atoms with Gasteiger partial charge in [-0.1, -0.05) is 0 Å². The number of aliphatic hydroxyl groups excluding tert-OH is 2. The van der Waals surface area contributed by atoms with Gasteiger partial charge in [-0.05, 0) is 25.3 Å². The monoisotopic (exact) mass is 145 g/mol. The van der Waals surface area contributed by atoms with Crippen LogP contribution in [0.2, 0.25) is 0 Å². The average molecular weight is 145 g/mol. The van der Waals surface area contributed by atoms with E-state index in [0.717, 1.165) is 19.4 Å². The number of aliphatic hydroxyl groups is 2. The van der Waals surface area contributed by atoms with Crippen molar-refractivity contribution in [3.8, 4) is 0 Å². The van der Waals surface area contributed by atoms with Gasteiger partial charge in [0, 0.05) is 12.6 Å². The van der Waals surface area contributed by atoms with E-state index in [4.69, 9.17) is 10.2 Å². The highest BCUT2D eigenvalue weighted by molar-refractivity contribution is 4.76. The van der Waals surface area contributed by atoms with Crippen molar-refractivity contribution in [2.75, 3.05) is 19.8 Å². The summed E-state index contributed by atoms with van der Waals surface area (Å²) in [4.78, 5) is 0. The zero-order valence-corrected chi connectivity index (χ0v) is 6.08.